The fraction of sp³-hybridized carbons (Fsp3) is 0.333. The number of aromatic nitrogens is 2. The van der Waals surface area contributed by atoms with Crippen molar-refractivity contribution in [2.75, 3.05) is 23.8 Å². The molecular weight excluding hydrogens is 461 g/mol. The minimum absolute atomic E-state index is 0.0710. The van der Waals surface area contributed by atoms with Crippen molar-refractivity contribution in [3.63, 3.8) is 0 Å². The number of anilines is 2. The van der Waals surface area contributed by atoms with Crippen molar-refractivity contribution >= 4 is 40.0 Å². The molecule has 1 aliphatic heterocycles. The highest BCUT2D eigenvalue weighted by Gasteiger charge is 2.30. The third-order valence-corrected chi connectivity index (χ3v) is 6.61. The molecule has 0 spiro atoms. The number of nitrogens with one attached hydrogen (secondary N) is 2. The highest BCUT2D eigenvalue weighted by molar-refractivity contribution is 6.36. The van der Waals surface area contributed by atoms with Crippen molar-refractivity contribution in [3.8, 4) is 23.1 Å². The minimum Gasteiger partial charge on any atom is -0.474 e. The fourth-order valence-electron chi connectivity index (χ4n) is 4.47. The normalized spacial score (nSPS) is 19.0. The second-order valence-corrected chi connectivity index (χ2v) is 8.71. The molecule has 0 saturated heterocycles. The molecular formula is C24H21ClFN5O3. The zero-order chi connectivity index (χ0) is 23.8. The van der Waals surface area contributed by atoms with Gasteiger partial charge in [0.15, 0.2) is 0 Å². The maximum Gasteiger partial charge on any atom is 0.413 e. The Morgan fingerprint density at radius 2 is 2.18 bits per heavy atom. The summed E-state index contributed by atoms with van der Waals surface area (Å²) in [5, 5.41) is 15.9. The molecule has 1 saturated carbocycles. The molecule has 0 radical (unpaired) electrons. The third-order valence-electron chi connectivity index (χ3n) is 6.24. The number of fused-ring (bicyclic) bond motifs is 2. The molecule has 2 N–H and O–H groups in total. The lowest BCUT2D eigenvalue weighted by Crippen LogP contribution is -2.25. The van der Waals surface area contributed by atoms with Crippen molar-refractivity contribution < 1.29 is 18.7 Å². The molecule has 2 aromatic heterocycles. The summed E-state index contributed by atoms with van der Waals surface area (Å²) in [5.41, 5.74) is 2.37. The second kappa shape index (κ2) is 8.95. The third kappa shape index (κ3) is 3.94. The lowest BCUT2D eigenvalue weighted by molar-refractivity contribution is 0.0999. The van der Waals surface area contributed by atoms with Crippen molar-refractivity contribution in [2.24, 2.45) is 5.92 Å². The molecule has 3 heterocycles. The van der Waals surface area contributed by atoms with Crippen LogP contribution in [0.25, 0.3) is 21.9 Å². The Morgan fingerprint density at radius 1 is 1.32 bits per heavy atom. The number of ether oxygens (including phenoxy) is 2. The van der Waals surface area contributed by atoms with Gasteiger partial charge in [-0.05, 0) is 49.3 Å². The number of halogens is 2. The van der Waals surface area contributed by atoms with E-state index in [-0.39, 0.29) is 22.3 Å². The number of carbonyl (C=O) groups is 1. The maximum absolute atomic E-state index is 15.3. The Kier molecular flexibility index (Phi) is 5.84. The van der Waals surface area contributed by atoms with Crippen LogP contribution in [0, 0.1) is 30.0 Å². The maximum atomic E-state index is 15.3. The predicted octanol–water partition coefficient (Wildman–Crippen LogP) is 5.44. The molecule has 5 rings (SSSR count). The molecule has 1 aliphatic carbocycles. The van der Waals surface area contributed by atoms with E-state index in [1.807, 2.05) is 6.92 Å². The highest BCUT2D eigenvalue weighted by atomic mass is 35.5. The van der Waals surface area contributed by atoms with Crippen LogP contribution in [0.5, 0.6) is 5.88 Å². The number of hydrogen-bond acceptors (Lipinski definition) is 7. The molecule has 8 nitrogen and oxygen atoms in total. The summed E-state index contributed by atoms with van der Waals surface area (Å²) in [7, 11) is 0. The lowest BCUT2D eigenvalue weighted by Gasteiger charge is -2.22. The van der Waals surface area contributed by atoms with Crippen LogP contribution >= 0.6 is 11.6 Å². The van der Waals surface area contributed by atoms with Crippen molar-refractivity contribution in [1.29, 1.82) is 5.26 Å². The summed E-state index contributed by atoms with van der Waals surface area (Å²) < 4.78 is 26.3. The van der Waals surface area contributed by atoms with Crippen LogP contribution in [0.3, 0.4) is 0 Å². The molecule has 1 aromatic carbocycles. The van der Waals surface area contributed by atoms with Gasteiger partial charge in [-0.25, -0.2) is 19.2 Å². The van der Waals surface area contributed by atoms with Gasteiger partial charge in [0.1, 0.15) is 30.0 Å². The largest absolute Gasteiger partial charge is 0.474 e. The van der Waals surface area contributed by atoms with Gasteiger partial charge < -0.3 is 14.8 Å². The Bertz CT molecular complexity index is 1340. The number of hydrogen-bond donors (Lipinski definition) is 2. The standard InChI is InChI=1S/C24H21ClFN5O3/c1-12-16(10-30-23-22(12)28-5-6-33-23)15-7-14-8-19(29-11-17(14)20(25)21(15)26)31-24(32)34-18-4-2-3-13(18)9-27/h7-8,10-11,13,18,28H,2-6H2,1H3,(H,29,31,32)/t13-,18+/m1/s1. The molecule has 1 fully saturated rings. The first-order chi connectivity index (χ1) is 16.5. The van der Waals surface area contributed by atoms with Crippen LogP contribution in [-0.2, 0) is 4.74 Å². The zero-order valence-electron chi connectivity index (χ0n) is 18.3. The average molecular weight is 482 g/mol. The van der Waals surface area contributed by atoms with Gasteiger partial charge in [0.25, 0.3) is 0 Å². The summed E-state index contributed by atoms with van der Waals surface area (Å²) in [5.74, 6) is -0.169. The van der Waals surface area contributed by atoms with Gasteiger partial charge in [0.2, 0.25) is 5.88 Å². The van der Waals surface area contributed by atoms with E-state index in [0.717, 1.165) is 17.7 Å². The van der Waals surface area contributed by atoms with Crippen molar-refractivity contribution in [2.45, 2.75) is 32.3 Å². The monoisotopic (exact) mass is 481 g/mol. The molecule has 0 unspecified atom stereocenters. The highest BCUT2D eigenvalue weighted by Crippen LogP contribution is 2.40. The molecule has 174 valence electrons. The number of amides is 1. The number of benzene rings is 1. The summed E-state index contributed by atoms with van der Waals surface area (Å²) in [6.45, 7) is 3.01. The van der Waals surface area contributed by atoms with E-state index in [2.05, 4.69) is 26.7 Å². The molecule has 34 heavy (non-hydrogen) atoms. The first-order valence-electron chi connectivity index (χ1n) is 11.0. The molecule has 3 aromatic rings. The summed E-state index contributed by atoms with van der Waals surface area (Å²) in [4.78, 5) is 20.9. The van der Waals surface area contributed by atoms with E-state index in [4.69, 9.17) is 21.1 Å². The van der Waals surface area contributed by atoms with Crippen LogP contribution in [0.4, 0.5) is 20.7 Å². The molecule has 10 heteroatoms. The summed E-state index contributed by atoms with van der Waals surface area (Å²) >= 11 is 6.36. The first-order valence-corrected chi connectivity index (χ1v) is 11.4. The summed E-state index contributed by atoms with van der Waals surface area (Å²) in [6, 6.07) is 5.43. The Hall–Kier alpha value is -3.64. The SMILES string of the molecule is Cc1c(-c2cc3cc(NC(=O)O[C@H]4CCC[C@@H]4C#N)ncc3c(Cl)c2F)cnc2c1NCCO2. The molecule has 2 aliphatic rings. The number of carbonyl (C=O) groups excluding carboxylic acids is 1. The molecule has 0 bridgehead atoms. The topological polar surface area (TPSA) is 109 Å². The van der Waals surface area contributed by atoms with Gasteiger partial charge >= 0.3 is 6.09 Å². The quantitative estimate of drug-likeness (QED) is 0.512. The minimum atomic E-state index is -0.687. The smallest absolute Gasteiger partial charge is 0.413 e. The van der Waals surface area contributed by atoms with E-state index < -0.39 is 18.0 Å². The van der Waals surface area contributed by atoms with E-state index in [9.17, 15) is 10.1 Å². The van der Waals surface area contributed by atoms with Crippen molar-refractivity contribution in [1.82, 2.24) is 9.97 Å². The lowest BCUT2D eigenvalue weighted by atomic mass is 9.98. The number of nitrogens with zero attached hydrogens (tertiary/aromatic N) is 3. The van der Waals surface area contributed by atoms with Gasteiger partial charge in [-0.15, -0.1) is 0 Å². The Balaban J connectivity index is 1.47. The Morgan fingerprint density at radius 3 is 3.00 bits per heavy atom. The van der Waals surface area contributed by atoms with Crippen LogP contribution in [-0.4, -0.2) is 35.3 Å². The summed E-state index contributed by atoms with van der Waals surface area (Å²) in [6.07, 6.45) is 4.06. The number of nitriles is 1. The predicted molar refractivity (Wildman–Crippen MR) is 126 cm³/mol. The van der Waals surface area contributed by atoms with Gasteiger partial charge in [-0.2, -0.15) is 5.26 Å². The second-order valence-electron chi connectivity index (χ2n) is 8.33. The van der Waals surface area contributed by atoms with Crippen LogP contribution < -0.4 is 15.4 Å². The van der Waals surface area contributed by atoms with Gasteiger partial charge in [0.05, 0.1) is 17.0 Å². The zero-order valence-corrected chi connectivity index (χ0v) is 19.1. The van der Waals surface area contributed by atoms with Gasteiger partial charge in [-0.3, -0.25) is 5.32 Å². The van der Waals surface area contributed by atoms with E-state index in [1.54, 1.807) is 18.3 Å². The van der Waals surface area contributed by atoms with Gasteiger partial charge in [-0.1, -0.05) is 11.6 Å². The van der Waals surface area contributed by atoms with Crippen LogP contribution in [0.1, 0.15) is 24.8 Å². The average Bonchev–Trinajstić information content (AvgIpc) is 3.29. The Labute approximate surface area is 200 Å². The number of pyridine rings is 2. The van der Waals surface area contributed by atoms with Crippen LogP contribution in [0.15, 0.2) is 24.5 Å². The van der Waals surface area contributed by atoms with E-state index in [0.29, 0.717) is 48.2 Å². The van der Waals surface area contributed by atoms with Gasteiger partial charge in [0, 0.05) is 35.5 Å². The number of rotatable bonds is 3. The van der Waals surface area contributed by atoms with E-state index in [1.165, 1.54) is 6.20 Å². The van der Waals surface area contributed by atoms with E-state index >= 15 is 4.39 Å². The molecule has 1 amide bonds. The van der Waals surface area contributed by atoms with Crippen LogP contribution in [0.2, 0.25) is 5.02 Å². The van der Waals surface area contributed by atoms with Crippen molar-refractivity contribution in [3.05, 3.63) is 40.9 Å². The molecule has 2 atom stereocenters. The first kappa shape index (κ1) is 22.2. The fourth-order valence-corrected chi connectivity index (χ4v) is 4.73.